The maximum absolute atomic E-state index is 14.8. The van der Waals surface area contributed by atoms with E-state index in [0.29, 0.717) is 27.9 Å². The van der Waals surface area contributed by atoms with Crippen LogP contribution in [0.2, 0.25) is 5.02 Å². The molecular weight excluding hydrogens is 532 g/mol. The predicted molar refractivity (Wildman–Crippen MR) is 131 cm³/mol. The molecule has 3 rings (SSSR count). The van der Waals surface area contributed by atoms with E-state index in [0.717, 1.165) is 19.3 Å². The molecule has 0 radical (unpaired) electrons. The van der Waals surface area contributed by atoms with E-state index in [-0.39, 0.29) is 37.7 Å². The lowest BCUT2D eigenvalue weighted by Gasteiger charge is -2.39. The van der Waals surface area contributed by atoms with Gasteiger partial charge in [0.1, 0.15) is 11.8 Å². The van der Waals surface area contributed by atoms with Gasteiger partial charge >= 0.3 is 0 Å². The van der Waals surface area contributed by atoms with Crippen molar-refractivity contribution in [2.45, 2.75) is 50.0 Å². The Morgan fingerprint density at radius 2 is 1.76 bits per heavy atom. The molecule has 37 heavy (non-hydrogen) atoms. The van der Waals surface area contributed by atoms with E-state index in [1.807, 2.05) is 6.92 Å². The van der Waals surface area contributed by atoms with Crippen molar-refractivity contribution in [3.63, 3.8) is 0 Å². The molecule has 1 heterocycles. The number of nitrogens with one attached hydrogen (secondary N) is 1. The second kappa shape index (κ2) is 12.6. The zero-order valence-electron chi connectivity index (χ0n) is 20.1. The van der Waals surface area contributed by atoms with Crippen LogP contribution in [0.4, 0.5) is 8.78 Å². The van der Waals surface area contributed by atoms with Crippen LogP contribution in [-0.4, -0.2) is 60.3 Å². The van der Waals surface area contributed by atoms with Gasteiger partial charge < -0.3 is 9.64 Å². The van der Waals surface area contributed by atoms with Crippen LogP contribution < -0.4 is 10.2 Å². The fourth-order valence-corrected chi connectivity index (χ4v) is 5.69. The molecule has 2 N–H and O–H groups in total. The van der Waals surface area contributed by atoms with Gasteiger partial charge in [0.2, 0.25) is 15.9 Å². The van der Waals surface area contributed by atoms with Gasteiger partial charge in [-0.2, -0.15) is 4.31 Å². The predicted octanol–water partition coefficient (Wildman–Crippen LogP) is 4.09. The summed E-state index contributed by atoms with van der Waals surface area (Å²) in [6.45, 7) is 1.38. The van der Waals surface area contributed by atoms with Crippen LogP contribution in [0.15, 0.2) is 41.3 Å². The fourth-order valence-electron chi connectivity index (χ4n) is 3.97. The Hall–Kier alpha value is -2.80. The Labute approximate surface area is 219 Å². The minimum absolute atomic E-state index is 0.0240. The van der Waals surface area contributed by atoms with Crippen molar-refractivity contribution < 1.29 is 36.7 Å². The van der Waals surface area contributed by atoms with Crippen molar-refractivity contribution in [3.05, 3.63) is 53.1 Å². The van der Waals surface area contributed by atoms with Gasteiger partial charge in [-0.15, -0.1) is 0 Å². The van der Waals surface area contributed by atoms with E-state index < -0.39 is 44.3 Å². The summed E-state index contributed by atoms with van der Waals surface area (Å²) in [6.07, 6.45) is 3.74. The number of nitrogens with zero attached hydrogens (tertiary/aromatic N) is 2. The van der Waals surface area contributed by atoms with Crippen LogP contribution in [0, 0.1) is 11.6 Å². The Kier molecular flexibility index (Phi) is 9.82. The minimum atomic E-state index is -4.61. The van der Waals surface area contributed by atoms with Crippen molar-refractivity contribution in [1.82, 2.24) is 14.7 Å². The molecule has 0 bridgehead atoms. The Morgan fingerprint density at radius 1 is 1.11 bits per heavy atom. The average Bonchev–Trinajstić information content (AvgIpc) is 2.88. The Morgan fingerprint density at radius 3 is 2.35 bits per heavy atom. The van der Waals surface area contributed by atoms with Gasteiger partial charge in [0, 0.05) is 31.1 Å². The summed E-state index contributed by atoms with van der Waals surface area (Å²) in [5.41, 5.74) is 1.41. The first-order valence-corrected chi connectivity index (χ1v) is 13.6. The van der Waals surface area contributed by atoms with Gasteiger partial charge in [0.05, 0.1) is 4.90 Å². The first-order chi connectivity index (χ1) is 17.6. The highest BCUT2D eigenvalue weighted by molar-refractivity contribution is 7.89. The third-order valence-corrected chi connectivity index (χ3v) is 8.09. The lowest BCUT2D eigenvalue weighted by Crippen LogP contribution is -2.61. The number of ether oxygens (including phenoxy) is 1. The number of unbranched alkanes of at least 4 members (excludes halogenated alkanes) is 3. The fraction of sp³-hybridized carbons (Fsp3) is 0.417. The van der Waals surface area contributed by atoms with E-state index in [9.17, 15) is 32.0 Å². The molecule has 2 aromatic carbocycles. The van der Waals surface area contributed by atoms with Gasteiger partial charge in [-0.3, -0.25) is 14.8 Å². The van der Waals surface area contributed by atoms with E-state index >= 15 is 0 Å². The molecule has 1 aliphatic heterocycles. The molecule has 1 atom stereocenters. The van der Waals surface area contributed by atoms with E-state index in [1.54, 1.807) is 0 Å². The molecule has 13 heteroatoms. The van der Waals surface area contributed by atoms with Crippen molar-refractivity contribution in [1.29, 1.82) is 0 Å². The molecule has 0 aromatic heterocycles. The van der Waals surface area contributed by atoms with Crippen molar-refractivity contribution in [2.75, 3.05) is 19.6 Å². The molecule has 1 saturated heterocycles. The van der Waals surface area contributed by atoms with Crippen LogP contribution in [0.25, 0.3) is 0 Å². The number of carbonyl (C=O) groups is 2. The highest BCUT2D eigenvalue weighted by Crippen LogP contribution is 2.32. The standard InChI is InChI=1S/C24H28ClF2N3O6S/c1-2-3-4-5-6-22(31)29-11-12-30(21(15-29)24(32)28-33)37(34,35)18-13-19(26)23(20(27)14-18)36-17-9-7-16(25)8-10-17/h7-10,13-14,21,33H,2-6,11-12,15H2,1H3,(H,28,32)/t21-/m0/s1. The summed E-state index contributed by atoms with van der Waals surface area (Å²) in [4.78, 5) is 25.5. The second-order valence-electron chi connectivity index (χ2n) is 8.53. The summed E-state index contributed by atoms with van der Waals surface area (Å²) < 4.78 is 62.2. The lowest BCUT2D eigenvalue weighted by molar-refractivity contribution is -0.139. The van der Waals surface area contributed by atoms with Gasteiger partial charge in [0.25, 0.3) is 5.91 Å². The van der Waals surface area contributed by atoms with Crippen LogP contribution >= 0.6 is 11.6 Å². The molecule has 9 nitrogen and oxygen atoms in total. The highest BCUT2D eigenvalue weighted by Gasteiger charge is 2.41. The van der Waals surface area contributed by atoms with Gasteiger partial charge in [0.15, 0.2) is 17.4 Å². The van der Waals surface area contributed by atoms with E-state index in [1.165, 1.54) is 34.6 Å². The van der Waals surface area contributed by atoms with Crippen LogP contribution in [0.5, 0.6) is 11.5 Å². The Balaban J connectivity index is 1.82. The molecule has 2 aromatic rings. The zero-order valence-corrected chi connectivity index (χ0v) is 21.7. The number of piperazine rings is 1. The van der Waals surface area contributed by atoms with E-state index in [4.69, 9.17) is 16.3 Å². The molecule has 0 saturated carbocycles. The van der Waals surface area contributed by atoms with Crippen molar-refractivity contribution >= 4 is 33.4 Å². The first-order valence-electron chi connectivity index (χ1n) is 11.7. The highest BCUT2D eigenvalue weighted by atomic mass is 35.5. The monoisotopic (exact) mass is 559 g/mol. The number of hydrogen-bond acceptors (Lipinski definition) is 6. The smallest absolute Gasteiger partial charge is 0.263 e. The summed E-state index contributed by atoms with van der Waals surface area (Å²) in [5, 5.41) is 9.56. The number of carbonyl (C=O) groups excluding carboxylic acids is 2. The molecule has 1 aliphatic rings. The molecular formula is C24H28ClF2N3O6S. The number of sulfonamides is 1. The number of amides is 2. The Bertz CT molecular complexity index is 1210. The topological polar surface area (TPSA) is 116 Å². The van der Waals surface area contributed by atoms with Gasteiger partial charge in [-0.1, -0.05) is 37.8 Å². The summed E-state index contributed by atoms with van der Waals surface area (Å²) in [7, 11) is -4.61. The molecule has 0 spiro atoms. The second-order valence-corrected chi connectivity index (χ2v) is 10.9. The zero-order chi connectivity index (χ0) is 27.2. The minimum Gasteiger partial charge on any atom is -0.451 e. The van der Waals surface area contributed by atoms with Crippen LogP contribution in [-0.2, 0) is 19.6 Å². The average molecular weight is 560 g/mol. The molecule has 202 valence electrons. The molecule has 1 fully saturated rings. The van der Waals surface area contributed by atoms with E-state index in [2.05, 4.69) is 0 Å². The maximum Gasteiger partial charge on any atom is 0.263 e. The third kappa shape index (κ3) is 6.95. The van der Waals surface area contributed by atoms with Crippen LogP contribution in [0.1, 0.15) is 39.0 Å². The summed E-state index contributed by atoms with van der Waals surface area (Å²) in [6, 6.07) is 5.34. The van der Waals surface area contributed by atoms with Crippen molar-refractivity contribution in [3.8, 4) is 11.5 Å². The quantitative estimate of drug-likeness (QED) is 0.257. The summed E-state index contributed by atoms with van der Waals surface area (Å²) in [5.74, 6) is -4.62. The normalized spacial score (nSPS) is 16.5. The molecule has 0 unspecified atom stereocenters. The van der Waals surface area contributed by atoms with Crippen LogP contribution in [0.3, 0.4) is 0 Å². The largest absolute Gasteiger partial charge is 0.451 e. The lowest BCUT2D eigenvalue weighted by atomic mass is 10.1. The molecule has 0 aliphatic carbocycles. The third-order valence-electron chi connectivity index (χ3n) is 5.95. The number of hydroxylamine groups is 1. The number of benzene rings is 2. The first kappa shape index (κ1) is 28.8. The number of rotatable bonds is 10. The number of halogens is 3. The summed E-state index contributed by atoms with van der Waals surface area (Å²) >= 11 is 5.79. The SMILES string of the molecule is CCCCCCC(=O)N1CCN(S(=O)(=O)c2cc(F)c(Oc3ccc(Cl)cc3)c(F)c2)[C@H](C(=O)NO)C1. The van der Waals surface area contributed by atoms with Gasteiger partial charge in [-0.25, -0.2) is 22.7 Å². The maximum atomic E-state index is 14.8. The van der Waals surface area contributed by atoms with Crippen molar-refractivity contribution in [2.24, 2.45) is 0 Å². The molecule has 2 amide bonds. The number of hydrogen-bond donors (Lipinski definition) is 2. The van der Waals surface area contributed by atoms with Gasteiger partial charge in [-0.05, 0) is 42.8 Å².